The van der Waals surface area contributed by atoms with Crippen molar-refractivity contribution >= 4 is 15.7 Å². The summed E-state index contributed by atoms with van der Waals surface area (Å²) in [6.45, 7) is 4.79. The van der Waals surface area contributed by atoms with E-state index in [1.807, 2.05) is 26.0 Å². The van der Waals surface area contributed by atoms with Gasteiger partial charge in [0.1, 0.15) is 0 Å². The number of amides is 1. The van der Waals surface area contributed by atoms with Crippen molar-refractivity contribution < 1.29 is 13.2 Å². The van der Waals surface area contributed by atoms with Gasteiger partial charge >= 0.3 is 0 Å². The zero-order valence-corrected chi connectivity index (χ0v) is 12.3. The van der Waals surface area contributed by atoms with E-state index in [1.165, 1.54) is 6.26 Å². The largest absolute Gasteiger partial charge is 0.337 e. The van der Waals surface area contributed by atoms with Gasteiger partial charge in [-0.2, -0.15) is 0 Å². The van der Waals surface area contributed by atoms with Gasteiger partial charge in [-0.1, -0.05) is 6.07 Å². The normalized spacial score (nSPS) is 19.7. The highest BCUT2D eigenvalue weighted by Crippen LogP contribution is 2.19. The van der Waals surface area contributed by atoms with Gasteiger partial charge in [0.15, 0.2) is 9.84 Å². The van der Waals surface area contributed by atoms with Gasteiger partial charge in [-0.25, -0.2) is 8.42 Å². The maximum absolute atomic E-state index is 12.3. The van der Waals surface area contributed by atoms with Crippen LogP contribution in [-0.2, 0) is 9.84 Å². The average Bonchev–Trinajstić information content (AvgIpc) is 2.81. The molecule has 1 saturated heterocycles. The molecule has 0 saturated carbocycles. The van der Waals surface area contributed by atoms with E-state index in [1.54, 1.807) is 11.0 Å². The van der Waals surface area contributed by atoms with E-state index in [-0.39, 0.29) is 5.91 Å². The summed E-state index contributed by atoms with van der Waals surface area (Å²) in [5.74, 6) is -0.0748. The molecule has 1 aromatic carbocycles. The molecule has 0 radical (unpaired) electrons. The number of nitrogens with zero attached hydrogens (tertiary/aromatic N) is 1. The molecule has 4 nitrogen and oxygen atoms in total. The minimum absolute atomic E-state index is 0.0748. The maximum atomic E-state index is 12.3. The summed E-state index contributed by atoms with van der Waals surface area (Å²) in [5, 5.41) is -0.414. The molecule has 0 bridgehead atoms. The quantitative estimate of drug-likeness (QED) is 0.826. The second-order valence-electron chi connectivity index (χ2n) is 5.29. The second kappa shape index (κ2) is 4.96. The summed E-state index contributed by atoms with van der Waals surface area (Å²) in [5.41, 5.74) is 2.86. The number of hydrogen-bond acceptors (Lipinski definition) is 3. The number of carbonyl (C=O) groups excluding carboxylic acids is 1. The minimum Gasteiger partial charge on any atom is -0.337 e. The van der Waals surface area contributed by atoms with E-state index in [9.17, 15) is 13.2 Å². The van der Waals surface area contributed by atoms with E-state index < -0.39 is 15.1 Å². The molecule has 1 fully saturated rings. The molecule has 0 N–H and O–H groups in total. The maximum Gasteiger partial charge on any atom is 0.253 e. The molecule has 0 aromatic heterocycles. The number of likely N-dealkylation sites (tertiary alicyclic amines) is 1. The molecule has 19 heavy (non-hydrogen) atoms. The van der Waals surface area contributed by atoms with Crippen LogP contribution in [0.1, 0.15) is 27.9 Å². The van der Waals surface area contributed by atoms with Crippen molar-refractivity contribution in [3.05, 3.63) is 34.9 Å². The van der Waals surface area contributed by atoms with Crippen molar-refractivity contribution in [2.75, 3.05) is 19.3 Å². The van der Waals surface area contributed by atoms with Crippen LogP contribution in [0.2, 0.25) is 0 Å². The van der Waals surface area contributed by atoms with Crippen LogP contribution in [0.25, 0.3) is 0 Å². The molecule has 1 aliphatic rings. The molecule has 0 spiro atoms. The minimum atomic E-state index is -3.06. The van der Waals surface area contributed by atoms with Gasteiger partial charge in [-0.3, -0.25) is 4.79 Å². The fourth-order valence-electron chi connectivity index (χ4n) is 2.32. The zero-order valence-electron chi connectivity index (χ0n) is 11.5. The zero-order chi connectivity index (χ0) is 14.2. The standard InChI is InChI=1S/C14H19NO3S/c1-10-4-5-12(8-11(10)2)14(16)15-7-6-13(9-15)19(3,17)18/h4-5,8,13H,6-7,9H2,1-3H3. The smallest absolute Gasteiger partial charge is 0.253 e. The molecule has 1 aromatic rings. The van der Waals surface area contributed by atoms with Crippen molar-refractivity contribution in [3.63, 3.8) is 0 Å². The molecule has 2 rings (SSSR count). The molecule has 5 heteroatoms. The number of carbonyl (C=O) groups is 1. The Labute approximate surface area is 114 Å². The lowest BCUT2D eigenvalue weighted by molar-refractivity contribution is 0.0793. The third-order valence-electron chi connectivity index (χ3n) is 3.79. The Hall–Kier alpha value is -1.36. The highest BCUT2D eigenvalue weighted by atomic mass is 32.2. The van der Waals surface area contributed by atoms with E-state index in [0.29, 0.717) is 25.1 Å². The van der Waals surface area contributed by atoms with Gasteiger partial charge < -0.3 is 4.90 Å². The van der Waals surface area contributed by atoms with Crippen LogP contribution in [-0.4, -0.2) is 43.8 Å². The van der Waals surface area contributed by atoms with Crippen LogP contribution in [0.5, 0.6) is 0 Å². The summed E-state index contributed by atoms with van der Waals surface area (Å²) >= 11 is 0. The van der Waals surface area contributed by atoms with E-state index in [4.69, 9.17) is 0 Å². The summed E-state index contributed by atoms with van der Waals surface area (Å²) in [7, 11) is -3.06. The van der Waals surface area contributed by atoms with Crippen molar-refractivity contribution in [2.24, 2.45) is 0 Å². The SMILES string of the molecule is Cc1ccc(C(=O)N2CCC(S(C)(=O)=O)C2)cc1C. The molecular weight excluding hydrogens is 262 g/mol. The number of aryl methyl sites for hydroxylation is 2. The second-order valence-corrected chi connectivity index (χ2v) is 7.62. The predicted octanol–water partition coefficient (Wildman–Crippen LogP) is 1.56. The number of rotatable bonds is 2. The Balaban J connectivity index is 2.15. The first kappa shape index (κ1) is 14.1. The number of hydrogen-bond donors (Lipinski definition) is 0. The Morgan fingerprint density at radius 1 is 1.26 bits per heavy atom. The average molecular weight is 281 g/mol. The lowest BCUT2D eigenvalue weighted by atomic mass is 10.1. The van der Waals surface area contributed by atoms with Gasteiger partial charge in [0.05, 0.1) is 5.25 Å². The van der Waals surface area contributed by atoms with Crippen LogP contribution in [0.15, 0.2) is 18.2 Å². The molecule has 104 valence electrons. The molecule has 1 atom stereocenters. The highest BCUT2D eigenvalue weighted by Gasteiger charge is 2.32. The van der Waals surface area contributed by atoms with Gasteiger partial charge in [-0.05, 0) is 43.5 Å². The van der Waals surface area contributed by atoms with Gasteiger partial charge in [0.2, 0.25) is 0 Å². The Kier molecular flexibility index (Phi) is 3.67. The molecule has 0 aliphatic carbocycles. The molecule has 1 heterocycles. The van der Waals surface area contributed by atoms with Crippen molar-refractivity contribution in [3.8, 4) is 0 Å². The summed E-state index contributed by atoms with van der Waals surface area (Å²) in [6.07, 6.45) is 1.77. The van der Waals surface area contributed by atoms with Crippen LogP contribution in [0.4, 0.5) is 0 Å². The fraction of sp³-hybridized carbons (Fsp3) is 0.500. The lowest BCUT2D eigenvalue weighted by Gasteiger charge is -2.16. The third-order valence-corrected chi connectivity index (χ3v) is 5.39. The first-order valence-electron chi connectivity index (χ1n) is 6.34. The first-order chi connectivity index (χ1) is 8.79. The summed E-state index contributed by atoms with van der Waals surface area (Å²) in [4.78, 5) is 13.9. The first-order valence-corrected chi connectivity index (χ1v) is 8.30. The van der Waals surface area contributed by atoms with Gasteiger partial charge in [-0.15, -0.1) is 0 Å². The van der Waals surface area contributed by atoms with Crippen molar-refractivity contribution in [2.45, 2.75) is 25.5 Å². The van der Waals surface area contributed by atoms with Crippen LogP contribution < -0.4 is 0 Å². The molecular formula is C14H19NO3S. The Morgan fingerprint density at radius 2 is 1.95 bits per heavy atom. The van der Waals surface area contributed by atoms with Crippen molar-refractivity contribution in [1.82, 2.24) is 4.90 Å². The van der Waals surface area contributed by atoms with E-state index >= 15 is 0 Å². The Bertz CT molecular complexity index is 607. The Morgan fingerprint density at radius 3 is 2.47 bits per heavy atom. The number of sulfone groups is 1. The molecule has 1 amide bonds. The topological polar surface area (TPSA) is 54.5 Å². The fourth-order valence-corrected chi connectivity index (χ4v) is 3.30. The monoisotopic (exact) mass is 281 g/mol. The predicted molar refractivity (Wildman–Crippen MR) is 75.1 cm³/mol. The van der Waals surface area contributed by atoms with Gasteiger partial charge in [0.25, 0.3) is 5.91 Å². The third kappa shape index (κ3) is 2.97. The highest BCUT2D eigenvalue weighted by molar-refractivity contribution is 7.91. The van der Waals surface area contributed by atoms with Crippen LogP contribution >= 0.6 is 0 Å². The summed E-state index contributed by atoms with van der Waals surface area (Å²) in [6, 6.07) is 5.59. The van der Waals surface area contributed by atoms with Crippen molar-refractivity contribution in [1.29, 1.82) is 0 Å². The molecule has 1 unspecified atom stereocenters. The number of benzene rings is 1. The van der Waals surface area contributed by atoms with E-state index in [0.717, 1.165) is 11.1 Å². The van der Waals surface area contributed by atoms with Crippen LogP contribution in [0.3, 0.4) is 0 Å². The lowest BCUT2D eigenvalue weighted by Crippen LogP contribution is -2.31. The van der Waals surface area contributed by atoms with Gasteiger partial charge in [0, 0.05) is 24.9 Å². The molecule has 1 aliphatic heterocycles. The summed E-state index contributed by atoms with van der Waals surface area (Å²) < 4.78 is 23.0. The van der Waals surface area contributed by atoms with Crippen LogP contribution in [0, 0.1) is 13.8 Å². The van der Waals surface area contributed by atoms with E-state index in [2.05, 4.69) is 0 Å².